The molecule has 1 saturated heterocycles. The number of fused-ring (bicyclic) bond motifs is 1. The van der Waals surface area contributed by atoms with Gasteiger partial charge in [0.25, 0.3) is 0 Å². The minimum absolute atomic E-state index is 0.615. The number of hydrogen-bond acceptors (Lipinski definition) is 5. The maximum Gasteiger partial charge on any atom is 0.192 e. The summed E-state index contributed by atoms with van der Waals surface area (Å²) >= 11 is 12.5. The first kappa shape index (κ1) is 20.3. The molecule has 0 aliphatic carbocycles. The number of piperazine rings is 1. The van der Waals surface area contributed by atoms with E-state index in [9.17, 15) is 0 Å². The van der Waals surface area contributed by atoms with E-state index < -0.39 is 0 Å². The van der Waals surface area contributed by atoms with Gasteiger partial charge in [0.1, 0.15) is 11.3 Å². The van der Waals surface area contributed by atoms with Crippen molar-refractivity contribution in [2.45, 2.75) is 19.8 Å². The van der Waals surface area contributed by atoms with Crippen LogP contribution < -0.4 is 9.64 Å². The summed E-state index contributed by atoms with van der Waals surface area (Å²) in [7, 11) is 0. The molecule has 3 aromatic rings. The van der Waals surface area contributed by atoms with E-state index in [-0.39, 0.29) is 0 Å². The highest BCUT2D eigenvalue weighted by molar-refractivity contribution is 6.43. The highest BCUT2D eigenvalue weighted by Gasteiger charge is 2.19. The minimum Gasteiger partial charge on any atom is -0.494 e. The van der Waals surface area contributed by atoms with E-state index in [1.165, 1.54) is 0 Å². The minimum atomic E-state index is 0.615. The molecule has 0 N–H and O–H groups in total. The molecule has 4 rings (SSSR count). The van der Waals surface area contributed by atoms with Gasteiger partial charge in [0.2, 0.25) is 0 Å². The topological polar surface area (TPSA) is 41.7 Å². The number of oxazole rings is 1. The van der Waals surface area contributed by atoms with Crippen molar-refractivity contribution in [3.8, 4) is 5.75 Å². The van der Waals surface area contributed by atoms with Crippen molar-refractivity contribution in [3.05, 3.63) is 52.3 Å². The molecule has 7 heteroatoms. The zero-order valence-corrected chi connectivity index (χ0v) is 18.0. The largest absolute Gasteiger partial charge is 0.494 e. The first-order valence-corrected chi connectivity index (χ1v) is 10.8. The van der Waals surface area contributed by atoms with E-state index in [0.29, 0.717) is 22.5 Å². The smallest absolute Gasteiger partial charge is 0.192 e. The second-order valence-electron chi connectivity index (χ2n) is 7.32. The van der Waals surface area contributed by atoms with Gasteiger partial charge in [-0.25, -0.2) is 4.98 Å². The number of rotatable bonds is 7. The Morgan fingerprint density at radius 1 is 1.07 bits per heavy atom. The molecule has 1 aromatic heterocycles. The van der Waals surface area contributed by atoms with Crippen molar-refractivity contribution < 1.29 is 9.15 Å². The van der Waals surface area contributed by atoms with E-state index in [4.69, 9.17) is 32.4 Å². The zero-order chi connectivity index (χ0) is 20.2. The highest BCUT2D eigenvalue weighted by Crippen LogP contribution is 2.32. The number of ether oxygens (including phenoxy) is 1. The van der Waals surface area contributed by atoms with Crippen LogP contribution in [0.5, 0.6) is 5.75 Å². The number of benzene rings is 2. The Kier molecular flexibility index (Phi) is 6.48. The molecule has 0 amide bonds. The molecular weight excluding hydrogens is 409 g/mol. The number of hydrogen-bond donors (Lipinski definition) is 0. The molecule has 0 saturated carbocycles. The predicted molar refractivity (Wildman–Crippen MR) is 119 cm³/mol. The fraction of sp³-hybridized carbons (Fsp3) is 0.409. The quantitative estimate of drug-likeness (QED) is 0.465. The van der Waals surface area contributed by atoms with Crippen molar-refractivity contribution in [2.24, 2.45) is 0 Å². The lowest BCUT2D eigenvalue weighted by Crippen LogP contribution is -2.46. The van der Waals surface area contributed by atoms with Crippen LogP contribution in [0.25, 0.3) is 11.1 Å². The van der Waals surface area contributed by atoms with Crippen molar-refractivity contribution in [1.82, 2.24) is 9.88 Å². The second kappa shape index (κ2) is 9.24. The number of unbranched alkanes of at least 4 members (excludes halogenated alkanes) is 1. The summed E-state index contributed by atoms with van der Waals surface area (Å²) in [5.41, 5.74) is 2.68. The van der Waals surface area contributed by atoms with Gasteiger partial charge in [-0.3, -0.25) is 4.90 Å². The Morgan fingerprint density at radius 2 is 1.90 bits per heavy atom. The van der Waals surface area contributed by atoms with Gasteiger partial charge in [-0.05, 0) is 43.7 Å². The molecule has 0 radical (unpaired) electrons. The van der Waals surface area contributed by atoms with E-state index >= 15 is 0 Å². The predicted octanol–water partition coefficient (Wildman–Crippen LogP) is 5.42. The van der Waals surface area contributed by atoms with Gasteiger partial charge in [0.15, 0.2) is 11.5 Å². The van der Waals surface area contributed by atoms with Crippen LogP contribution in [0.15, 0.2) is 40.8 Å². The number of anilines is 1. The monoisotopic (exact) mass is 433 g/mol. The van der Waals surface area contributed by atoms with Crippen molar-refractivity contribution >= 4 is 40.0 Å². The number of nitrogens with zero attached hydrogens (tertiary/aromatic N) is 3. The average molecular weight is 434 g/mol. The average Bonchev–Trinajstić information content (AvgIpc) is 3.10. The van der Waals surface area contributed by atoms with Gasteiger partial charge in [-0.1, -0.05) is 29.3 Å². The third kappa shape index (κ3) is 4.97. The van der Waals surface area contributed by atoms with Gasteiger partial charge in [0.05, 0.1) is 22.3 Å². The maximum absolute atomic E-state index is 6.35. The van der Waals surface area contributed by atoms with Crippen LogP contribution in [0.3, 0.4) is 0 Å². The van der Waals surface area contributed by atoms with Crippen molar-refractivity contribution in [3.63, 3.8) is 0 Å². The molecule has 1 aliphatic rings. The number of halogens is 2. The lowest BCUT2D eigenvalue weighted by atomic mass is 10.2. The lowest BCUT2D eigenvalue weighted by molar-refractivity contribution is 0.238. The SMILES string of the molecule is Cc1nc2cc(OCCCCN3CCN(c4cccc(Cl)c4Cl)CC3)ccc2o1. The van der Waals surface area contributed by atoms with Crippen LogP contribution in [0.1, 0.15) is 18.7 Å². The summed E-state index contributed by atoms with van der Waals surface area (Å²) in [5, 5.41) is 1.27. The molecule has 2 aromatic carbocycles. The zero-order valence-electron chi connectivity index (χ0n) is 16.5. The third-order valence-corrected chi connectivity index (χ3v) is 6.06. The fourth-order valence-electron chi connectivity index (χ4n) is 3.69. The van der Waals surface area contributed by atoms with Crippen molar-refractivity contribution in [1.29, 1.82) is 0 Å². The summed E-state index contributed by atoms with van der Waals surface area (Å²) < 4.78 is 11.4. The Labute approximate surface area is 181 Å². The molecule has 154 valence electrons. The summed E-state index contributed by atoms with van der Waals surface area (Å²) in [6, 6.07) is 11.6. The highest BCUT2D eigenvalue weighted by atomic mass is 35.5. The van der Waals surface area contributed by atoms with Crippen LogP contribution in [0, 0.1) is 6.92 Å². The fourth-order valence-corrected chi connectivity index (χ4v) is 4.10. The standard InChI is InChI=1S/C22H25Cl2N3O2/c1-16-25-19-15-17(7-8-21(19)29-16)28-14-3-2-9-26-10-12-27(13-11-26)20-6-4-5-18(23)22(20)24/h4-8,15H,2-3,9-14H2,1H3. The van der Waals surface area contributed by atoms with Crippen LogP contribution >= 0.6 is 23.2 Å². The molecule has 29 heavy (non-hydrogen) atoms. The van der Waals surface area contributed by atoms with Crippen LogP contribution in [-0.2, 0) is 0 Å². The van der Waals surface area contributed by atoms with Crippen LogP contribution in [0.2, 0.25) is 10.0 Å². The Hall–Kier alpha value is -1.95. The van der Waals surface area contributed by atoms with Gasteiger partial charge in [0, 0.05) is 39.2 Å². The normalized spacial score (nSPS) is 15.2. The summed E-state index contributed by atoms with van der Waals surface area (Å²) in [6.45, 7) is 7.64. The summed E-state index contributed by atoms with van der Waals surface area (Å²) in [4.78, 5) is 9.16. The van der Waals surface area contributed by atoms with Gasteiger partial charge in [-0.2, -0.15) is 0 Å². The Balaban J connectivity index is 1.16. The maximum atomic E-state index is 6.35. The molecule has 0 spiro atoms. The van der Waals surface area contributed by atoms with Gasteiger partial charge < -0.3 is 14.1 Å². The molecule has 0 bridgehead atoms. The number of aryl methyl sites for hydroxylation is 1. The van der Waals surface area contributed by atoms with Crippen LogP contribution in [0.4, 0.5) is 5.69 Å². The van der Waals surface area contributed by atoms with Gasteiger partial charge in [-0.15, -0.1) is 0 Å². The van der Waals surface area contributed by atoms with E-state index in [1.807, 2.05) is 43.3 Å². The molecule has 0 atom stereocenters. The molecule has 0 unspecified atom stereocenters. The molecule has 1 aliphatic heterocycles. The lowest BCUT2D eigenvalue weighted by Gasteiger charge is -2.36. The molecule has 2 heterocycles. The molecule has 5 nitrogen and oxygen atoms in total. The Morgan fingerprint density at radius 3 is 2.72 bits per heavy atom. The molecule has 1 fully saturated rings. The summed E-state index contributed by atoms with van der Waals surface area (Å²) in [5.74, 6) is 1.52. The van der Waals surface area contributed by atoms with Crippen molar-refractivity contribution in [2.75, 3.05) is 44.2 Å². The Bertz CT molecular complexity index is 968. The van der Waals surface area contributed by atoms with E-state index in [1.54, 1.807) is 0 Å². The van der Waals surface area contributed by atoms with Crippen LogP contribution in [-0.4, -0.2) is 49.2 Å². The van der Waals surface area contributed by atoms with E-state index in [0.717, 1.165) is 68.1 Å². The molecular formula is C22H25Cl2N3O2. The first-order chi connectivity index (χ1) is 14.1. The summed E-state index contributed by atoms with van der Waals surface area (Å²) in [6.07, 6.45) is 2.14. The third-order valence-electron chi connectivity index (χ3n) is 5.25. The first-order valence-electron chi connectivity index (χ1n) is 10.0. The number of aromatic nitrogens is 1. The van der Waals surface area contributed by atoms with Gasteiger partial charge >= 0.3 is 0 Å². The second-order valence-corrected chi connectivity index (χ2v) is 8.10. The van der Waals surface area contributed by atoms with E-state index in [2.05, 4.69) is 14.8 Å².